The number of carbonyl (C=O) groups excluding carboxylic acids is 1. The molecule has 0 bridgehead atoms. The molecule has 1 atom stereocenters. The maximum Gasteiger partial charge on any atom is 0.220 e. The van der Waals surface area contributed by atoms with E-state index in [1.807, 2.05) is 0 Å². The molecule has 17 heavy (non-hydrogen) atoms. The van der Waals surface area contributed by atoms with Gasteiger partial charge in [0.25, 0.3) is 0 Å². The molecule has 2 aliphatic heterocycles. The van der Waals surface area contributed by atoms with Gasteiger partial charge in [0.2, 0.25) is 5.91 Å². The number of carbonyl (C=O) groups is 1. The zero-order chi connectivity index (χ0) is 12.1. The predicted octanol–water partition coefficient (Wildman–Crippen LogP) is 0.871. The molecule has 0 spiro atoms. The number of rotatable bonds is 4. The van der Waals surface area contributed by atoms with E-state index in [4.69, 9.17) is 4.74 Å². The SMILES string of the molecule is CNC(=O)CC1CCN(C[C@H]2CCOC2)CC1. The third-order valence-corrected chi connectivity index (χ3v) is 4.00. The fourth-order valence-corrected chi connectivity index (χ4v) is 2.83. The molecule has 0 saturated carbocycles. The van der Waals surface area contributed by atoms with Crippen LogP contribution in [0.25, 0.3) is 0 Å². The van der Waals surface area contributed by atoms with Gasteiger partial charge in [0.15, 0.2) is 0 Å². The Bertz CT molecular complexity index is 244. The summed E-state index contributed by atoms with van der Waals surface area (Å²) >= 11 is 0. The molecule has 2 aliphatic rings. The third-order valence-electron chi connectivity index (χ3n) is 4.00. The molecular weight excluding hydrogens is 216 g/mol. The van der Waals surface area contributed by atoms with Crippen LogP contribution in [0.15, 0.2) is 0 Å². The van der Waals surface area contributed by atoms with Gasteiger partial charge in [-0.25, -0.2) is 0 Å². The van der Waals surface area contributed by atoms with Crippen LogP contribution in [0, 0.1) is 11.8 Å². The maximum atomic E-state index is 11.3. The molecule has 2 saturated heterocycles. The first-order valence-electron chi connectivity index (χ1n) is 6.78. The van der Waals surface area contributed by atoms with Crippen molar-refractivity contribution in [1.82, 2.24) is 10.2 Å². The first-order valence-corrected chi connectivity index (χ1v) is 6.78. The highest BCUT2D eigenvalue weighted by Crippen LogP contribution is 2.22. The summed E-state index contributed by atoms with van der Waals surface area (Å²) in [4.78, 5) is 13.8. The summed E-state index contributed by atoms with van der Waals surface area (Å²) in [5.74, 6) is 1.52. The molecule has 2 heterocycles. The number of hydrogen-bond donors (Lipinski definition) is 1. The molecule has 0 radical (unpaired) electrons. The summed E-state index contributed by atoms with van der Waals surface area (Å²) in [6.45, 7) is 5.37. The lowest BCUT2D eigenvalue weighted by molar-refractivity contribution is -0.121. The predicted molar refractivity (Wildman–Crippen MR) is 66.8 cm³/mol. The van der Waals surface area contributed by atoms with E-state index in [-0.39, 0.29) is 5.91 Å². The van der Waals surface area contributed by atoms with Crippen LogP contribution in [0.2, 0.25) is 0 Å². The number of piperidine rings is 1. The van der Waals surface area contributed by atoms with Crippen molar-refractivity contribution in [2.75, 3.05) is 39.9 Å². The number of hydrogen-bond acceptors (Lipinski definition) is 3. The van der Waals surface area contributed by atoms with Gasteiger partial charge in [-0.2, -0.15) is 0 Å². The quantitative estimate of drug-likeness (QED) is 0.793. The molecule has 2 fully saturated rings. The summed E-state index contributed by atoms with van der Waals surface area (Å²) in [5.41, 5.74) is 0. The van der Waals surface area contributed by atoms with Crippen LogP contribution in [0.3, 0.4) is 0 Å². The topological polar surface area (TPSA) is 41.6 Å². The van der Waals surface area contributed by atoms with Gasteiger partial charge in [0.1, 0.15) is 0 Å². The highest BCUT2D eigenvalue weighted by atomic mass is 16.5. The second-order valence-electron chi connectivity index (χ2n) is 5.35. The fourth-order valence-electron chi connectivity index (χ4n) is 2.83. The summed E-state index contributed by atoms with van der Waals surface area (Å²) in [7, 11) is 1.72. The average molecular weight is 240 g/mol. The minimum Gasteiger partial charge on any atom is -0.381 e. The van der Waals surface area contributed by atoms with Crippen molar-refractivity contribution >= 4 is 5.91 Å². The lowest BCUT2D eigenvalue weighted by Crippen LogP contribution is -2.38. The zero-order valence-corrected chi connectivity index (χ0v) is 10.8. The Hall–Kier alpha value is -0.610. The molecule has 98 valence electrons. The van der Waals surface area contributed by atoms with Crippen molar-refractivity contribution < 1.29 is 9.53 Å². The Balaban J connectivity index is 1.65. The van der Waals surface area contributed by atoms with Gasteiger partial charge in [0, 0.05) is 26.6 Å². The van der Waals surface area contributed by atoms with Crippen molar-refractivity contribution in [2.24, 2.45) is 11.8 Å². The van der Waals surface area contributed by atoms with Crippen molar-refractivity contribution in [3.8, 4) is 0 Å². The van der Waals surface area contributed by atoms with Crippen molar-refractivity contribution in [3.05, 3.63) is 0 Å². The van der Waals surface area contributed by atoms with Crippen LogP contribution in [-0.2, 0) is 9.53 Å². The molecule has 0 unspecified atom stereocenters. The first kappa shape index (κ1) is 12.8. The van der Waals surface area contributed by atoms with Gasteiger partial charge in [-0.1, -0.05) is 0 Å². The Kier molecular flexibility index (Phi) is 4.80. The van der Waals surface area contributed by atoms with E-state index < -0.39 is 0 Å². The molecule has 0 aromatic rings. The van der Waals surface area contributed by atoms with E-state index in [1.165, 1.54) is 25.8 Å². The highest BCUT2D eigenvalue weighted by Gasteiger charge is 2.24. The van der Waals surface area contributed by atoms with Gasteiger partial charge >= 0.3 is 0 Å². The molecule has 1 amide bonds. The second kappa shape index (κ2) is 6.36. The van der Waals surface area contributed by atoms with Crippen LogP contribution < -0.4 is 5.32 Å². The molecular formula is C13H24N2O2. The van der Waals surface area contributed by atoms with Crippen molar-refractivity contribution in [3.63, 3.8) is 0 Å². The van der Waals surface area contributed by atoms with Crippen LogP contribution in [-0.4, -0.2) is 50.7 Å². The Morgan fingerprint density at radius 1 is 1.29 bits per heavy atom. The first-order chi connectivity index (χ1) is 8.28. The van der Waals surface area contributed by atoms with Gasteiger partial charge in [0.05, 0.1) is 6.61 Å². The minimum absolute atomic E-state index is 0.188. The van der Waals surface area contributed by atoms with Crippen molar-refractivity contribution in [1.29, 1.82) is 0 Å². The molecule has 0 aromatic carbocycles. The number of likely N-dealkylation sites (tertiary alicyclic amines) is 1. The molecule has 4 nitrogen and oxygen atoms in total. The number of nitrogens with zero attached hydrogens (tertiary/aromatic N) is 1. The normalized spacial score (nSPS) is 27.2. The monoisotopic (exact) mass is 240 g/mol. The van der Waals surface area contributed by atoms with E-state index in [2.05, 4.69) is 10.2 Å². The standard InChI is InChI=1S/C13H24N2O2/c1-14-13(16)8-11-2-5-15(6-3-11)9-12-4-7-17-10-12/h11-12H,2-10H2,1H3,(H,14,16)/t12-/m1/s1. The Morgan fingerprint density at radius 3 is 2.65 bits per heavy atom. The van der Waals surface area contributed by atoms with Crippen molar-refractivity contribution in [2.45, 2.75) is 25.7 Å². The molecule has 1 N–H and O–H groups in total. The number of amides is 1. The molecule has 0 aromatic heterocycles. The second-order valence-corrected chi connectivity index (χ2v) is 5.35. The van der Waals surface area contributed by atoms with Gasteiger partial charge in [-0.15, -0.1) is 0 Å². The summed E-state index contributed by atoms with van der Waals surface area (Å²) < 4.78 is 5.41. The van der Waals surface area contributed by atoms with Crippen LogP contribution in [0.1, 0.15) is 25.7 Å². The highest BCUT2D eigenvalue weighted by molar-refractivity contribution is 5.75. The lowest BCUT2D eigenvalue weighted by Gasteiger charge is -2.32. The average Bonchev–Trinajstić information content (AvgIpc) is 2.84. The third kappa shape index (κ3) is 3.96. The lowest BCUT2D eigenvalue weighted by atomic mass is 9.92. The molecule has 4 heteroatoms. The Labute approximate surface area is 104 Å². The van der Waals surface area contributed by atoms with E-state index in [1.54, 1.807) is 7.05 Å². The smallest absolute Gasteiger partial charge is 0.220 e. The van der Waals surface area contributed by atoms with E-state index in [9.17, 15) is 4.79 Å². The van der Waals surface area contributed by atoms with Crippen LogP contribution in [0.5, 0.6) is 0 Å². The summed E-state index contributed by atoms with van der Waals surface area (Å²) in [6.07, 6.45) is 4.26. The van der Waals surface area contributed by atoms with E-state index >= 15 is 0 Å². The van der Waals surface area contributed by atoms with Crippen LogP contribution in [0.4, 0.5) is 0 Å². The van der Waals surface area contributed by atoms with Gasteiger partial charge in [-0.3, -0.25) is 4.79 Å². The van der Waals surface area contributed by atoms with Crippen LogP contribution >= 0.6 is 0 Å². The number of ether oxygens (including phenoxy) is 1. The Morgan fingerprint density at radius 2 is 2.06 bits per heavy atom. The largest absolute Gasteiger partial charge is 0.381 e. The number of nitrogens with one attached hydrogen (secondary N) is 1. The van der Waals surface area contributed by atoms with E-state index in [0.29, 0.717) is 12.3 Å². The van der Waals surface area contributed by atoms with Gasteiger partial charge < -0.3 is 15.0 Å². The fraction of sp³-hybridized carbons (Fsp3) is 0.923. The summed E-state index contributed by atoms with van der Waals surface area (Å²) in [5, 5.41) is 2.71. The molecule has 2 rings (SSSR count). The molecule has 0 aliphatic carbocycles. The minimum atomic E-state index is 0.188. The zero-order valence-electron chi connectivity index (χ0n) is 10.8. The summed E-state index contributed by atoms with van der Waals surface area (Å²) in [6, 6.07) is 0. The maximum absolute atomic E-state index is 11.3. The van der Waals surface area contributed by atoms with Gasteiger partial charge in [-0.05, 0) is 44.2 Å². The van der Waals surface area contributed by atoms with E-state index in [0.717, 1.165) is 32.2 Å².